The third-order valence-electron chi connectivity index (χ3n) is 9.33. The molecule has 1 saturated heterocycles. The number of piperidine rings is 1. The van der Waals surface area contributed by atoms with E-state index in [0.29, 0.717) is 63.0 Å². The molecule has 3 aromatic rings. The van der Waals surface area contributed by atoms with Crippen LogP contribution in [0.4, 0.5) is 28.3 Å². The zero-order valence-electron chi connectivity index (χ0n) is 26.7. The molecule has 0 spiro atoms. The quantitative estimate of drug-likeness (QED) is 0.248. The molecule has 47 heavy (non-hydrogen) atoms. The number of rotatable bonds is 9. The molecule has 10 nitrogen and oxygen atoms in total. The fraction of sp³-hybridized carbons (Fsp3) is 0.545. The summed E-state index contributed by atoms with van der Waals surface area (Å²) in [7, 11) is 1.79. The molecule has 1 unspecified atom stereocenters. The van der Waals surface area contributed by atoms with E-state index in [-0.39, 0.29) is 42.3 Å². The smallest absolute Gasteiger partial charge is 0.416 e. The molecule has 3 atom stereocenters. The number of carboxylic acids is 1. The number of alkyl halides is 3. The first-order valence-electron chi connectivity index (χ1n) is 16.0. The van der Waals surface area contributed by atoms with Crippen LogP contribution in [0.25, 0.3) is 11.1 Å². The largest absolute Gasteiger partial charge is 0.481 e. The highest BCUT2D eigenvalue weighted by atomic mass is 19.4. The summed E-state index contributed by atoms with van der Waals surface area (Å²) >= 11 is 0. The molecule has 2 fully saturated rings. The second-order valence-corrected chi connectivity index (χ2v) is 12.5. The van der Waals surface area contributed by atoms with Gasteiger partial charge in [0.05, 0.1) is 17.7 Å². The van der Waals surface area contributed by atoms with Gasteiger partial charge in [0.25, 0.3) is 0 Å². The van der Waals surface area contributed by atoms with Crippen LogP contribution in [-0.4, -0.2) is 66.0 Å². The van der Waals surface area contributed by atoms with Crippen LogP contribution in [0.5, 0.6) is 0 Å². The molecule has 14 heteroatoms. The van der Waals surface area contributed by atoms with Crippen LogP contribution in [0.15, 0.2) is 43.0 Å². The van der Waals surface area contributed by atoms with Gasteiger partial charge in [0, 0.05) is 61.4 Å². The predicted molar refractivity (Wildman–Crippen MR) is 165 cm³/mol. The monoisotopic (exact) mass is 660 g/mol. The number of likely N-dealkylation sites (tertiary alicyclic amines) is 1. The van der Waals surface area contributed by atoms with E-state index in [1.807, 2.05) is 24.9 Å². The highest BCUT2D eigenvalue weighted by Crippen LogP contribution is 2.36. The van der Waals surface area contributed by atoms with Gasteiger partial charge in [-0.25, -0.2) is 19.2 Å². The number of benzene rings is 1. The van der Waals surface area contributed by atoms with E-state index < -0.39 is 35.5 Å². The van der Waals surface area contributed by atoms with Gasteiger partial charge in [-0.1, -0.05) is 13.8 Å². The zero-order chi connectivity index (χ0) is 33.9. The van der Waals surface area contributed by atoms with Crippen LogP contribution in [0.2, 0.25) is 0 Å². The number of carboxylic acid groups (broad SMARTS) is 1. The highest BCUT2D eigenvalue weighted by Gasteiger charge is 2.42. The third kappa shape index (κ3) is 8.02. The van der Waals surface area contributed by atoms with E-state index >= 15 is 0 Å². The summed E-state index contributed by atoms with van der Waals surface area (Å²) in [4.78, 5) is 37.7. The number of amides is 1. The molecule has 1 saturated carbocycles. The fourth-order valence-corrected chi connectivity index (χ4v) is 6.81. The number of carbonyl (C=O) groups is 2. The Kier molecular flexibility index (Phi) is 10.4. The van der Waals surface area contributed by atoms with Crippen molar-refractivity contribution in [2.24, 2.45) is 13.0 Å². The van der Waals surface area contributed by atoms with Crippen LogP contribution >= 0.6 is 0 Å². The van der Waals surface area contributed by atoms with E-state index in [2.05, 4.69) is 15.1 Å². The number of aliphatic carboxylic acids is 1. The second kappa shape index (κ2) is 14.3. The van der Waals surface area contributed by atoms with Crippen molar-refractivity contribution in [3.63, 3.8) is 0 Å². The molecule has 254 valence electrons. The first-order valence-corrected chi connectivity index (χ1v) is 16.0. The summed E-state index contributed by atoms with van der Waals surface area (Å²) in [6.45, 7) is 3.84. The Bertz CT molecular complexity index is 1530. The van der Waals surface area contributed by atoms with Gasteiger partial charge in [0.2, 0.25) is 5.95 Å². The van der Waals surface area contributed by atoms with Crippen LogP contribution in [0, 0.1) is 11.7 Å². The molecule has 3 heterocycles. The van der Waals surface area contributed by atoms with Gasteiger partial charge < -0.3 is 19.6 Å². The number of nitrogens with zero attached hydrogens (tertiary/aromatic N) is 6. The molecule has 1 amide bonds. The maximum absolute atomic E-state index is 14.5. The summed E-state index contributed by atoms with van der Waals surface area (Å²) in [5.74, 6) is -1.97. The average Bonchev–Trinajstić information content (AvgIpc) is 3.48. The minimum atomic E-state index is -4.72. The lowest BCUT2D eigenvalue weighted by atomic mass is 9.87. The van der Waals surface area contributed by atoms with E-state index in [0.717, 1.165) is 17.7 Å². The minimum absolute atomic E-state index is 0.0815. The molecule has 2 aliphatic rings. The van der Waals surface area contributed by atoms with Crippen molar-refractivity contribution in [2.45, 2.75) is 102 Å². The SMILES string of the molecule is CC[C@@H]1CC(N(Cc2cc(F)cc(C(F)(F)F)c2)c2ncc(-c3cnn(C)c3)cn2)C[C@H](CC)N1C(=O)OC1CCC(C(=O)O)CC1. The van der Waals surface area contributed by atoms with Crippen molar-refractivity contribution in [1.29, 1.82) is 0 Å². The minimum Gasteiger partial charge on any atom is -0.481 e. The van der Waals surface area contributed by atoms with E-state index in [9.17, 15) is 32.3 Å². The van der Waals surface area contributed by atoms with Crippen LogP contribution in [-0.2, 0) is 29.3 Å². The van der Waals surface area contributed by atoms with Crippen LogP contribution in [0.1, 0.15) is 76.3 Å². The van der Waals surface area contributed by atoms with Gasteiger partial charge in [-0.2, -0.15) is 18.3 Å². The summed E-state index contributed by atoms with van der Waals surface area (Å²) in [5.41, 5.74) is 0.552. The molecule has 2 aromatic heterocycles. The van der Waals surface area contributed by atoms with Gasteiger partial charge in [0.15, 0.2) is 0 Å². The number of anilines is 1. The van der Waals surface area contributed by atoms with Gasteiger partial charge in [0.1, 0.15) is 11.9 Å². The molecular formula is C33H40F4N6O4. The van der Waals surface area contributed by atoms with E-state index in [4.69, 9.17) is 4.74 Å². The van der Waals surface area contributed by atoms with Crippen molar-refractivity contribution in [2.75, 3.05) is 4.90 Å². The Balaban J connectivity index is 1.41. The summed E-state index contributed by atoms with van der Waals surface area (Å²) in [6, 6.07) is 1.72. The Hall–Kier alpha value is -4.23. The molecule has 0 radical (unpaired) electrons. The summed E-state index contributed by atoms with van der Waals surface area (Å²) < 4.78 is 62.9. The Morgan fingerprint density at radius 3 is 2.15 bits per heavy atom. The van der Waals surface area contributed by atoms with Gasteiger partial charge >= 0.3 is 18.2 Å². The lowest BCUT2D eigenvalue weighted by molar-refractivity contribution is -0.143. The Labute approximate surface area is 270 Å². The molecular weight excluding hydrogens is 620 g/mol. The second-order valence-electron chi connectivity index (χ2n) is 12.5. The van der Waals surface area contributed by atoms with Crippen molar-refractivity contribution in [1.82, 2.24) is 24.6 Å². The lowest BCUT2D eigenvalue weighted by Gasteiger charge is -2.47. The standard InChI is InChI=1S/C33H40F4N6O4/c1-4-26-13-28(14-27(5-2)43(26)32(46)47-29-8-6-21(7-9-29)30(44)45)42(18-20-10-24(33(35,36)37)12-25(34)11-20)31-38-15-22(16-39-31)23-17-40-41(3)19-23/h10-12,15-17,19,21,26-29H,4-9,13-14,18H2,1-3H3,(H,44,45)/t21?,26-,27+,28?,29?. The number of halogens is 4. The van der Waals surface area contributed by atoms with Gasteiger partial charge in [-0.05, 0) is 75.1 Å². The first-order chi connectivity index (χ1) is 22.4. The number of carbonyl (C=O) groups excluding carboxylic acids is 1. The van der Waals surface area contributed by atoms with Crippen molar-refractivity contribution >= 4 is 18.0 Å². The summed E-state index contributed by atoms with van der Waals surface area (Å²) in [5, 5.41) is 13.5. The van der Waals surface area contributed by atoms with E-state index in [1.54, 1.807) is 35.2 Å². The number of ether oxygens (including phenoxy) is 1. The molecule has 1 aliphatic heterocycles. The molecule has 1 N–H and O–H groups in total. The topological polar surface area (TPSA) is 114 Å². The number of hydrogen-bond acceptors (Lipinski definition) is 7. The lowest BCUT2D eigenvalue weighted by Crippen LogP contribution is -2.57. The number of aryl methyl sites for hydroxylation is 1. The maximum atomic E-state index is 14.5. The van der Waals surface area contributed by atoms with Crippen molar-refractivity contribution < 1.29 is 37.0 Å². The van der Waals surface area contributed by atoms with Crippen LogP contribution < -0.4 is 4.90 Å². The molecule has 1 aliphatic carbocycles. The van der Waals surface area contributed by atoms with Crippen molar-refractivity contribution in [3.8, 4) is 11.1 Å². The third-order valence-corrected chi connectivity index (χ3v) is 9.33. The first kappa shape index (κ1) is 34.1. The molecule has 1 aromatic carbocycles. The maximum Gasteiger partial charge on any atom is 0.416 e. The predicted octanol–water partition coefficient (Wildman–Crippen LogP) is 6.84. The van der Waals surface area contributed by atoms with E-state index in [1.165, 1.54) is 0 Å². The number of hydrogen-bond donors (Lipinski definition) is 1. The van der Waals surface area contributed by atoms with Gasteiger partial charge in [-0.3, -0.25) is 9.48 Å². The normalized spacial score (nSPS) is 23.4. The summed E-state index contributed by atoms with van der Waals surface area (Å²) in [6.07, 6.45) is 5.21. The van der Waals surface area contributed by atoms with Crippen molar-refractivity contribution in [3.05, 3.63) is 59.9 Å². The molecule has 5 rings (SSSR count). The Morgan fingerprint density at radius 1 is 0.979 bits per heavy atom. The molecule has 0 bridgehead atoms. The average molecular weight is 661 g/mol. The number of aromatic nitrogens is 4. The fourth-order valence-electron chi connectivity index (χ4n) is 6.81. The highest BCUT2D eigenvalue weighted by molar-refractivity contribution is 5.70. The zero-order valence-corrected chi connectivity index (χ0v) is 26.7. The Morgan fingerprint density at radius 2 is 1.62 bits per heavy atom. The van der Waals surface area contributed by atoms with Gasteiger partial charge in [-0.15, -0.1) is 0 Å². The van der Waals surface area contributed by atoms with Crippen LogP contribution in [0.3, 0.4) is 0 Å².